The Labute approximate surface area is 462 Å². The Morgan fingerprint density at radius 2 is 0.733 bits per heavy atom. The van der Waals surface area contributed by atoms with Crippen molar-refractivity contribution < 1.29 is 37.6 Å². The molecule has 0 aliphatic rings. The summed E-state index contributed by atoms with van der Waals surface area (Å²) in [5.41, 5.74) is 5.38. The molecule has 0 amide bonds. The molecule has 434 valence electrons. The van der Waals surface area contributed by atoms with Gasteiger partial charge in [-0.1, -0.05) is 285 Å². The van der Waals surface area contributed by atoms with Gasteiger partial charge >= 0.3 is 19.8 Å². The number of hydrogen-bond donors (Lipinski definition) is 2. The van der Waals surface area contributed by atoms with Crippen molar-refractivity contribution in [3.63, 3.8) is 0 Å². The lowest BCUT2D eigenvalue weighted by Crippen LogP contribution is -2.29. The average molecular weight is 1070 g/mol. The van der Waals surface area contributed by atoms with Crippen LogP contribution < -0.4 is 5.73 Å². The molecule has 10 heteroatoms. The molecule has 75 heavy (non-hydrogen) atoms. The zero-order valence-corrected chi connectivity index (χ0v) is 49.4. The fourth-order valence-corrected chi connectivity index (χ4v) is 9.50. The molecule has 9 nitrogen and oxygen atoms in total. The first-order valence-corrected chi connectivity index (χ1v) is 32.6. The van der Waals surface area contributed by atoms with Gasteiger partial charge in [0.05, 0.1) is 13.2 Å². The van der Waals surface area contributed by atoms with E-state index in [2.05, 4.69) is 98.9 Å². The van der Waals surface area contributed by atoms with Crippen LogP contribution in [0.1, 0.15) is 284 Å². The Morgan fingerprint density at radius 1 is 0.413 bits per heavy atom. The van der Waals surface area contributed by atoms with Gasteiger partial charge in [-0.25, -0.2) is 4.57 Å². The molecule has 0 heterocycles. The monoisotopic (exact) mass is 1070 g/mol. The van der Waals surface area contributed by atoms with Crippen molar-refractivity contribution in [1.82, 2.24) is 0 Å². The summed E-state index contributed by atoms with van der Waals surface area (Å²) in [6.45, 7) is 3.66. The second kappa shape index (κ2) is 60.4. The zero-order chi connectivity index (χ0) is 54.5. The maximum atomic E-state index is 12.7. The van der Waals surface area contributed by atoms with Gasteiger partial charge < -0.3 is 20.1 Å². The minimum atomic E-state index is -4.39. The molecule has 0 aromatic rings. The van der Waals surface area contributed by atoms with Crippen LogP contribution in [-0.4, -0.2) is 49.3 Å². The molecule has 0 aromatic heterocycles. The average Bonchev–Trinajstić information content (AvgIpc) is 3.40. The molecule has 0 saturated heterocycles. The molecule has 3 N–H and O–H groups in total. The maximum Gasteiger partial charge on any atom is 0.472 e. The molecule has 0 bridgehead atoms. The third-order valence-corrected chi connectivity index (χ3v) is 14.3. The van der Waals surface area contributed by atoms with Crippen LogP contribution in [0.25, 0.3) is 0 Å². The number of carbonyl (C=O) groups excluding carboxylic acids is 2. The molecule has 0 aromatic carbocycles. The number of esters is 2. The SMILES string of the molecule is CC/C=C\C/C=C\C/C=C\C/C=C\C/C=C\C/C=C\C/C=C\CCCCCCCCCCCCCCCCCCCC(=O)OC(COC(=O)CCCCCCCCCCCCCCCCC)COP(=O)(O)OCCN. The van der Waals surface area contributed by atoms with Gasteiger partial charge in [-0.2, -0.15) is 0 Å². The van der Waals surface area contributed by atoms with Crippen LogP contribution in [0.3, 0.4) is 0 Å². The second-order valence-corrected chi connectivity index (χ2v) is 22.0. The van der Waals surface area contributed by atoms with Crippen molar-refractivity contribution >= 4 is 19.8 Å². The Bertz CT molecular complexity index is 1500. The number of carbonyl (C=O) groups is 2. The van der Waals surface area contributed by atoms with Crippen LogP contribution >= 0.6 is 7.82 Å². The molecule has 0 spiro atoms. The molecular weight excluding hydrogens is 954 g/mol. The fourth-order valence-electron chi connectivity index (χ4n) is 8.74. The lowest BCUT2D eigenvalue weighted by Gasteiger charge is -2.19. The number of unbranched alkanes of at least 4 members (excludes halogenated alkanes) is 31. The van der Waals surface area contributed by atoms with Crippen molar-refractivity contribution in [1.29, 1.82) is 0 Å². The minimum absolute atomic E-state index is 0.0535. The number of phosphoric ester groups is 1. The third-order valence-electron chi connectivity index (χ3n) is 13.3. The number of rotatable bonds is 58. The van der Waals surface area contributed by atoms with Crippen LogP contribution in [-0.2, 0) is 32.7 Å². The largest absolute Gasteiger partial charge is 0.472 e. The normalized spacial score (nSPS) is 13.6. The highest BCUT2D eigenvalue weighted by molar-refractivity contribution is 7.47. The standard InChI is InChI=1S/C65H116NO8P/c1-3-5-7-9-11-13-15-17-19-20-21-22-23-24-25-26-27-28-29-30-31-32-33-34-35-36-37-38-39-40-41-42-44-46-48-50-52-54-56-58-65(68)74-63(62-73-75(69,70)72-60-59-66)61-71-64(67)57-55-53-51-49-47-45-43-18-16-14-12-10-8-6-4-2/h5,7,11,13,17,19,21-22,24-25,27-28,30-31,63H,3-4,6,8-10,12,14-16,18,20,23,26,29,32-62,66H2,1-2H3,(H,69,70)/b7-5-,13-11-,19-17-,22-21-,25-24-,28-27-,31-30-. The summed E-state index contributed by atoms with van der Waals surface area (Å²) in [5.74, 6) is -0.817. The Balaban J connectivity index is 3.84. The van der Waals surface area contributed by atoms with Crippen LogP contribution in [0.4, 0.5) is 0 Å². The molecule has 0 fully saturated rings. The van der Waals surface area contributed by atoms with E-state index in [1.165, 1.54) is 167 Å². The highest BCUT2D eigenvalue weighted by Crippen LogP contribution is 2.43. The molecule has 2 unspecified atom stereocenters. The van der Waals surface area contributed by atoms with Crippen LogP contribution in [0.15, 0.2) is 85.1 Å². The second-order valence-electron chi connectivity index (χ2n) is 20.6. The summed E-state index contributed by atoms with van der Waals surface area (Å²) in [4.78, 5) is 35.2. The lowest BCUT2D eigenvalue weighted by atomic mass is 10.0. The van der Waals surface area contributed by atoms with E-state index in [1.54, 1.807) is 0 Å². The van der Waals surface area contributed by atoms with Crippen LogP contribution in [0, 0.1) is 0 Å². The predicted octanol–water partition coefficient (Wildman–Crippen LogP) is 19.9. The van der Waals surface area contributed by atoms with Crippen molar-refractivity contribution in [2.24, 2.45) is 5.73 Å². The molecule has 0 rings (SSSR count). The molecule has 0 saturated carbocycles. The van der Waals surface area contributed by atoms with E-state index in [4.69, 9.17) is 24.3 Å². The van der Waals surface area contributed by atoms with Crippen LogP contribution in [0.5, 0.6) is 0 Å². The van der Waals surface area contributed by atoms with E-state index in [0.29, 0.717) is 6.42 Å². The van der Waals surface area contributed by atoms with Crippen molar-refractivity contribution in [3.05, 3.63) is 85.1 Å². The summed E-state index contributed by atoms with van der Waals surface area (Å²) >= 11 is 0. The Kier molecular flexibility index (Phi) is 58.2. The van der Waals surface area contributed by atoms with Gasteiger partial charge in [0, 0.05) is 19.4 Å². The maximum absolute atomic E-state index is 12.7. The first-order chi connectivity index (χ1) is 36.8. The van der Waals surface area contributed by atoms with E-state index in [1.807, 2.05) is 0 Å². The predicted molar refractivity (Wildman–Crippen MR) is 321 cm³/mol. The Morgan fingerprint density at radius 3 is 1.09 bits per heavy atom. The van der Waals surface area contributed by atoms with Crippen LogP contribution in [0.2, 0.25) is 0 Å². The van der Waals surface area contributed by atoms with E-state index in [0.717, 1.165) is 83.5 Å². The Hall–Kier alpha value is -2.81. The number of nitrogens with two attached hydrogens (primary N) is 1. The zero-order valence-electron chi connectivity index (χ0n) is 48.5. The summed E-state index contributed by atoms with van der Waals surface area (Å²) in [5, 5.41) is 0. The van der Waals surface area contributed by atoms with Gasteiger partial charge in [-0.05, 0) is 70.6 Å². The third kappa shape index (κ3) is 60.3. The first kappa shape index (κ1) is 72.2. The van der Waals surface area contributed by atoms with Gasteiger partial charge in [0.25, 0.3) is 0 Å². The van der Waals surface area contributed by atoms with Gasteiger partial charge in [-0.3, -0.25) is 18.6 Å². The van der Waals surface area contributed by atoms with Crippen molar-refractivity contribution in [3.8, 4) is 0 Å². The molecule has 0 aliphatic heterocycles. The van der Waals surface area contributed by atoms with Gasteiger partial charge in [0.1, 0.15) is 6.61 Å². The van der Waals surface area contributed by atoms with E-state index in [-0.39, 0.29) is 38.6 Å². The lowest BCUT2D eigenvalue weighted by molar-refractivity contribution is -0.161. The number of allylic oxidation sites excluding steroid dienone is 14. The highest BCUT2D eigenvalue weighted by Gasteiger charge is 2.26. The minimum Gasteiger partial charge on any atom is -0.462 e. The summed E-state index contributed by atoms with van der Waals surface area (Å²) < 4.78 is 33.0. The van der Waals surface area contributed by atoms with E-state index >= 15 is 0 Å². The van der Waals surface area contributed by atoms with Gasteiger partial charge in [-0.15, -0.1) is 0 Å². The van der Waals surface area contributed by atoms with Gasteiger partial charge in [0.2, 0.25) is 0 Å². The number of hydrogen-bond acceptors (Lipinski definition) is 8. The highest BCUT2D eigenvalue weighted by atomic mass is 31.2. The van der Waals surface area contributed by atoms with E-state index in [9.17, 15) is 19.0 Å². The molecular formula is C65H116NO8P. The first-order valence-electron chi connectivity index (χ1n) is 31.1. The van der Waals surface area contributed by atoms with Crippen molar-refractivity contribution in [2.75, 3.05) is 26.4 Å². The smallest absolute Gasteiger partial charge is 0.462 e. The number of ether oxygens (including phenoxy) is 2. The molecule has 2 atom stereocenters. The van der Waals surface area contributed by atoms with Gasteiger partial charge in [0.15, 0.2) is 6.10 Å². The molecule has 0 radical (unpaired) electrons. The fraction of sp³-hybridized carbons (Fsp3) is 0.754. The van der Waals surface area contributed by atoms with E-state index < -0.39 is 26.5 Å². The summed E-state index contributed by atoms with van der Waals surface area (Å²) in [7, 11) is -4.39. The quantitative estimate of drug-likeness (QED) is 0.0264. The molecule has 0 aliphatic carbocycles. The summed E-state index contributed by atoms with van der Waals surface area (Å²) in [6.07, 6.45) is 79.4. The summed E-state index contributed by atoms with van der Waals surface area (Å²) in [6, 6.07) is 0. The topological polar surface area (TPSA) is 134 Å². The van der Waals surface area contributed by atoms with Crippen molar-refractivity contribution in [2.45, 2.75) is 290 Å². The number of phosphoric acid groups is 1.